The van der Waals surface area contributed by atoms with E-state index in [2.05, 4.69) is 0 Å². The van der Waals surface area contributed by atoms with Crippen molar-refractivity contribution in [2.45, 2.75) is 13.0 Å². The Bertz CT molecular complexity index is 617. The van der Waals surface area contributed by atoms with Crippen LogP contribution in [0.3, 0.4) is 0 Å². The van der Waals surface area contributed by atoms with Crippen LogP contribution in [-0.4, -0.2) is 35.8 Å². The summed E-state index contributed by atoms with van der Waals surface area (Å²) in [5.41, 5.74) is 1.56. The predicted molar refractivity (Wildman–Crippen MR) is 70.0 cm³/mol. The van der Waals surface area contributed by atoms with Crippen molar-refractivity contribution in [2.75, 3.05) is 19.8 Å². The highest BCUT2D eigenvalue weighted by atomic mass is 16.6. The van der Waals surface area contributed by atoms with Crippen LogP contribution in [0.4, 0.5) is 0 Å². The van der Waals surface area contributed by atoms with Gasteiger partial charge < -0.3 is 19.1 Å². The van der Waals surface area contributed by atoms with Gasteiger partial charge in [0.05, 0.1) is 5.52 Å². The van der Waals surface area contributed by atoms with Gasteiger partial charge in [0, 0.05) is 36.4 Å². The van der Waals surface area contributed by atoms with Gasteiger partial charge in [-0.25, -0.2) is 0 Å². The molecule has 0 radical (unpaired) electrons. The van der Waals surface area contributed by atoms with Gasteiger partial charge in [-0.15, -0.1) is 0 Å². The molecule has 1 aliphatic heterocycles. The largest absolute Gasteiger partial charge is 0.486 e. The molecule has 0 saturated heterocycles. The van der Waals surface area contributed by atoms with Crippen LogP contribution in [0.25, 0.3) is 10.9 Å². The van der Waals surface area contributed by atoms with Crippen LogP contribution in [0.5, 0.6) is 11.5 Å². The van der Waals surface area contributed by atoms with Crippen LogP contribution >= 0.6 is 0 Å². The molecule has 0 atom stereocenters. The Morgan fingerprint density at radius 1 is 1.26 bits per heavy atom. The molecule has 0 aliphatic carbocycles. The molecule has 5 nitrogen and oxygen atoms in total. The summed E-state index contributed by atoms with van der Waals surface area (Å²) < 4.78 is 13.1. The zero-order chi connectivity index (χ0) is 13.2. The maximum atomic E-state index is 11.1. The summed E-state index contributed by atoms with van der Waals surface area (Å²) in [6.07, 6.45) is 3.29. The van der Waals surface area contributed by atoms with E-state index in [0.29, 0.717) is 43.2 Å². The number of benzene rings is 1. The van der Waals surface area contributed by atoms with Gasteiger partial charge in [-0.2, -0.15) is 0 Å². The van der Waals surface area contributed by atoms with Gasteiger partial charge in [-0.3, -0.25) is 4.79 Å². The van der Waals surface area contributed by atoms with Crippen molar-refractivity contribution in [1.82, 2.24) is 4.57 Å². The summed E-state index contributed by atoms with van der Waals surface area (Å²) in [7, 11) is 0. The zero-order valence-electron chi connectivity index (χ0n) is 10.5. The second kappa shape index (κ2) is 4.93. The maximum Gasteiger partial charge on any atom is 0.163 e. The molecule has 0 spiro atoms. The molecule has 0 saturated carbocycles. The number of carbonyl (C=O) groups excluding carboxylic acids is 1. The monoisotopic (exact) mass is 261 g/mol. The first kappa shape index (κ1) is 12.0. The van der Waals surface area contributed by atoms with Gasteiger partial charge in [0.2, 0.25) is 0 Å². The van der Waals surface area contributed by atoms with E-state index in [1.807, 2.05) is 16.7 Å². The van der Waals surface area contributed by atoms with E-state index in [9.17, 15) is 4.79 Å². The molecule has 100 valence electrons. The minimum Gasteiger partial charge on any atom is -0.486 e. The molecular weight excluding hydrogens is 246 g/mol. The average molecular weight is 261 g/mol. The minimum absolute atomic E-state index is 0.126. The van der Waals surface area contributed by atoms with Gasteiger partial charge in [0.25, 0.3) is 0 Å². The lowest BCUT2D eigenvalue weighted by molar-refractivity contribution is 0.112. The second-order valence-corrected chi connectivity index (χ2v) is 4.49. The number of hydrogen-bond acceptors (Lipinski definition) is 4. The van der Waals surface area contributed by atoms with Gasteiger partial charge in [-0.05, 0) is 12.5 Å². The highest BCUT2D eigenvalue weighted by molar-refractivity contribution is 5.99. The third-order valence-corrected chi connectivity index (χ3v) is 3.26. The van der Waals surface area contributed by atoms with E-state index < -0.39 is 0 Å². The molecule has 0 fully saturated rings. The third kappa shape index (κ3) is 2.06. The smallest absolute Gasteiger partial charge is 0.163 e. The number of aromatic nitrogens is 1. The average Bonchev–Trinajstić information content (AvgIpc) is 2.80. The Hall–Kier alpha value is -2.01. The van der Waals surface area contributed by atoms with Crippen LogP contribution in [-0.2, 0) is 6.54 Å². The highest BCUT2D eigenvalue weighted by Gasteiger charge is 2.16. The predicted octanol–water partition coefficient (Wildman–Crippen LogP) is 1.61. The zero-order valence-corrected chi connectivity index (χ0v) is 10.5. The van der Waals surface area contributed by atoms with E-state index in [-0.39, 0.29) is 6.61 Å². The number of aliphatic hydroxyl groups is 1. The van der Waals surface area contributed by atoms with Gasteiger partial charge in [0.1, 0.15) is 13.2 Å². The number of nitrogens with zero attached hydrogens (tertiary/aromatic N) is 1. The topological polar surface area (TPSA) is 60.7 Å². The second-order valence-electron chi connectivity index (χ2n) is 4.49. The summed E-state index contributed by atoms with van der Waals surface area (Å²) in [4.78, 5) is 11.1. The van der Waals surface area contributed by atoms with Crippen molar-refractivity contribution in [2.24, 2.45) is 0 Å². The number of aldehydes is 1. The van der Waals surface area contributed by atoms with E-state index in [4.69, 9.17) is 14.6 Å². The van der Waals surface area contributed by atoms with Crippen molar-refractivity contribution in [3.8, 4) is 11.5 Å². The Balaban J connectivity index is 2.14. The lowest BCUT2D eigenvalue weighted by Gasteiger charge is -2.18. The third-order valence-electron chi connectivity index (χ3n) is 3.26. The molecular formula is C14H15NO4. The summed E-state index contributed by atoms with van der Waals surface area (Å²) in [6, 6.07) is 3.75. The number of aryl methyl sites for hydroxylation is 1. The van der Waals surface area contributed by atoms with Crippen LogP contribution in [0.2, 0.25) is 0 Å². The normalized spacial score (nSPS) is 13.7. The van der Waals surface area contributed by atoms with Crippen LogP contribution in [0.15, 0.2) is 18.3 Å². The quantitative estimate of drug-likeness (QED) is 0.849. The number of hydrogen-bond donors (Lipinski definition) is 1. The number of carbonyl (C=O) groups is 1. The van der Waals surface area contributed by atoms with Crippen molar-refractivity contribution in [3.63, 3.8) is 0 Å². The van der Waals surface area contributed by atoms with Gasteiger partial charge in [0.15, 0.2) is 17.8 Å². The number of fused-ring (bicyclic) bond motifs is 2. The fourth-order valence-corrected chi connectivity index (χ4v) is 2.37. The Morgan fingerprint density at radius 2 is 2.00 bits per heavy atom. The molecule has 1 aromatic heterocycles. The number of rotatable bonds is 4. The molecule has 5 heteroatoms. The van der Waals surface area contributed by atoms with Gasteiger partial charge >= 0.3 is 0 Å². The van der Waals surface area contributed by atoms with E-state index in [1.165, 1.54) is 0 Å². The van der Waals surface area contributed by atoms with Crippen LogP contribution in [0, 0.1) is 0 Å². The number of aliphatic hydroxyl groups excluding tert-OH is 1. The molecule has 19 heavy (non-hydrogen) atoms. The van der Waals surface area contributed by atoms with Crippen molar-refractivity contribution >= 4 is 17.2 Å². The van der Waals surface area contributed by atoms with Gasteiger partial charge in [-0.1, -0.05) is 0 Å². The first-order valence-corrected chi connectivity index (χ1v) is 6.32. The molecule has 3 rings (SSSR count). The Labute approximate surface area is 110 Å². The summed E-state index contributed by atoms with van der Waals surface area (Å²) in [6.45, 7) is 1.86. The molecule has 0 bridgehead atoms. The Morgan fingerprint density at radius 3 is 2.68 bits per heavy atom. The minimum atomic E-state index is 0.126. The number of ether oxygens (including phenoxy) is 2. The van der Waals surface area contributed by atoms with Crippen LogP contribution in [0.1, 0.15) is 16.8 Å². The van der Waals surface area contributed by atoms with E-state index in [0.717, 1.165) is 17.2 Å². The van der Waals surface area contributed by atoms with Crippen molar-refractivity contribution in [1.29, 1.82) is 0 Å². The molecule has 0 unspecified atom stereocenters. The molecule has 1 aromatic carbocycles. The lowest BCUT2D eigenvalue weighted by Crippen LogP contribution is -2.15. The molecule has 0 amide bonds. The summed E-state index contributed by atoms with van der Waals surface area (Å²) >= 11 is 0. The first-order valence-electron chi connectivity index (χ1n) is 6.32. The highest BCUT2D eigenvalue weighted by Crippen LogP contribution is 2.36. The fourth-order valence-electron chi connectivity index (χ4n) is 2.37. The van der Waals surface area contributed by atoms with E-state index in [1.54, 1.807) is 6.20 Å². The maximum absolute atomic E-state index is 11.1. The van der Waals surface area contributed by atoms with Crippen LogP contribution < -0.4 is 9.47 Å². The fraction of sp³-hybridized carbons (Fsp3) is 0.357. The van der Waals surface area contributed by atoms with E-state index >= 15 is 0 Å². The molecule has 2 heterocycles. The Kier molecular flexibility index (Phi) is 3.13. The first-order chi connectivity index (χ1) is 9.33. The standard InChI is InChI=1S/C14H15NO4/c16-3-1-2-15-8-10(9-17)11-6-13-14(7-12(11)15)19-5-4-18-13/h6-9,16H,1-5H2. The van der Waals surface area contributed by atoms with Crippen molar-refractivity contribution < 1.29 is 19.4 Å². The lowest BCUT2D eigenvalue weighted by atomic mass is 10.1. The molecule has 1 N–H and O–H groups in total. The summed E-state index contributed by atoms with van der Waals surface area (Å²) in [5.74, 6) is 1.39. The molecule has 1 aliphatic rings. The summed E-state index contributed by atoms with van der Waals surface area (Å²) in [5, 5.41) is 9.79. The molecule has 2 aromatic rings. The SMILES string of the molecule is O=Cc1cn(CCCO)c2cc3c(cc12)OCCO3. The van der Waals surface area contributed by atoms with Crippen molar-refractivity contribution in [3.05, 3.63) is 23.9 Å².